The number of rotatable bonds is 5. The number of hydrogen-bond acceptors (Lipinski definition) is 3. The molecule has 0 aromatic carbocycles. The molecule has 1 aromatic rings. The van der Waals surface area contributed by atoms with Crippen molar-refractivity contribution in [1.82, 2.24) is 14.9 Å². The van der Waals surface area contributed by atoms with Crippen LogP contribution in [-0.4, -0.2) is 25.8 Å². The zero-order chi connectivity index (χ0) is 13.3. The molecule has 1 heterocycles. The van der Waals surface area contributed by atoms with Gasteiger partial charge in [0.15, 0.2) is 0 Å². The molecule has 0 saturated carbocycles. The van der Waals surface area contributed by atoms with E-state index in [0.717, 1.165) is 4.57 Å². The van der Waals surface area contributed by atoms with E-state index in [4.69, 9.17) is 0 Å². The second-order valence-electron chi connectivity index (χ2n) is 5.07. The van der Waals surface area contributed by atoms with Crippen molar-refractivity contribution in [2.75, 3.05) is 0 Å². The predicted octanol–water partition coefficient (Wildman–Crippen LogP) is 1.92. The van der Waals surface area contributed by atoms with E-state index in [0.29, 0.717) is 0 Å². The Hall–Kier alpha value is -1.01. The molecule has 17 heavy (non-hydrogen) atoms. The summed E-state index contributed by atoms with van der Waals surface area (Å²) in [5.74, 6) is 0.248. The van der Waals surface area contributed by atoms with Crippen molar-refractivity contribution in [3.05, 3.63) is 18.2 Å². The smallest absolute Gasteiger partial charge is 0.319 e. The molecule has 98 valence electrons. The van der Waals surface area contributed by atoms with Gasteiger partial charge in [0.1, 0.15) is 5.82 Å². The van der Waals surface area contributed by atoms with Gasteiger partial charge in [-0.1, -0.05) is 0 Å². The van der Waals surface area contributed by atoms with Crippen LogP contribution in [0, 0.1) is 0 Å². The molecular formula is C11H19F2N3O. The Bertz CT molecular complexity index is 369. The molecule has 0 radical (unpaired) electrons. The molecule has 0 fully saturated rings. The molecule has 0 aliphatic rings. The van der Waals surface area contributed by atoms with Crippen molar-refractivity contribution in [2.24, 2.45) is 0 Å². The molecule has 1 rings (SSSR count). The standard InChI is InChI=1S/C11H19F2N3O/c1-10(2,11(3,4)17)15-7-8-14-5-6-16(8)9(12)13/h5-6,9,15,17H,7H2,1-4H3. The summed E-state index contributed by atoms with van der Waals surface area (Å²) in [6.07, 6.45) is 2.57. The largest absolute Gasteiger partial charge is 0.389 e. The van der Waals surface area contributed by atoms with E-state index < -0.39 is 17.7 Å². The van der Waals surface area contributed by atoms with Crippen LogP contribution in [0.1, 0.15) is 40.1 Å². The normalized spacial score (nSPS) is 13.4. The predicted molar refractivity (Wildman–Crippen MR) is 60.7 cm³/mol. The zero-order valence-corrected chi connectivity index (χ0v) is 10.5. The monoisotopic (exact) mass is 247 g/mol. The summed E-state index contributed by atoms with van der Waals surface area (Å²) in [6, 6.07) is 0. The number of hydrogen-bond donors (Lipinski definition) is 2. The topological polar surface area (TPSA) is 50.1 Å². The maximum Gasteiger partial charge on any atom is 0.319 e. The van der Waals surface area contributed by atoms with Crippen LogP contribution in [0.15, 0.2) is 12.4 Å². The third kappa shape index (κ3) is 3.23. The SMILES string of the molecule is CC(C)(O)C(C)(C)NCc1nccn1C(F)F. The van der Waals surface area contributed by atoms with E-state index >= 15 is 0 Å². The Morgan fingerprint density at radius 3 is 2.47 bits per heavy atom. The first kappa shape index (κ1) is 14.1. The average molecular weight is 247 g/mol. The molecule has 4 nitrogen and oxygen atoms in total. The fourth-order valence-electron chi connectivity index (χ4n) is 1.17. The molecule has 0 aliphatic heterocycles. The van der Waals surface area contributed by atoms with Gasteiger partial charge >= 0.3 is 6.55 Å². The molecule has 0 saturated heterocycles. The van der Waals surface area contributed by atoms with Crippen LogP contribution >= 0.6 is 0 Å². The lowest BCUT2D eigenvalue weighted by atomic mass is 9.86. The minimum Gasteiger partial charge on any atom is -0.389 e. The Morgan fingerprint density at radius 1 is 1.41 bits per heavy atom. The molecular weight excluding hydrogens is 228 g/mol. The Balaban J connectivity index is 2.71. The maximum absolute atomic E-state index is 12.6. The van der Waals surface area contributed by atoms with Crippen LogP contribution in [0.2, 0.25) is 0 Å². The van der Waals surface area contributed by atoms with Crippen LogP contribution in [0.25, 0.3) is 0 Å². The summed E-state index contributed by atoms with van der Waals surface area (Å²) in [5.41, 5.74) is -1.57. The lowest BCUT2D eigenvalue weighted by Gasteiger charge is -2.38. The minimum atomic E-state index is -2.60. The summed E-state index contributed by atoms with van der Waals surface area (Å²) >= 11 is 0. The fraction of sp³-hybridized carbons (Fsp3) is 0.727. The lowest BCUT2D eigenvalue weighted by molar-refractivity contribution is -0.00642. The summed E-state index contributed by atoms with van der Waals surface area (Å²) in [7, 11) is 0. The molecule has 0 spiro atoms. The lowest BCUT2D eigenvalue weighted by Crippen LogP contribution is -2.55. The van der Waals surface area contributed by atoms with E-state index in [1.54, 1.807) is 13.8 Å². The Labute approximate surface area is 99.7 Å². The van der Waals surface area contributed by atoms with Crippen molar-refractivity contribution >= 4 is 0 Å². The van der Waals surface area contributed by atoms with Gasteiger partial charge < -0.3 is 10.4 Å². The highest BCUT2D eigenvalue weighted by molar-refractivity contribution is 4.98. The minimum absolute atomic E-state index is 0.175. The highest BCUT2D eigenvalue weighted by Gasteiger charge is 2.34. The highest BCUT2D eigenvalue weighted by atomic mass is 19.3. The quantitative estimate of drug-likeness (QED) is 0.835. The molecule has 1 aromatic heterocycles. The van der Waals surface area contributed by atoms with Gasteiger partial charge in [0.2, 0.25) is 0 Å². The fourth-order valence-corrected chi connectivity index (χ4v) is 1.17. The molecule has 2 N–H and O–H groups in total. The number of halogens is 2. The van der Waals surface area contributed by atoms with Gasteiger partial charge in [0.25, 0.3) is 0 Å². The molecule has 0 unspecified atom stereocenters. The number of nitrogens with zero attached hydrogens (tertiary/aromatic N) is 2. The molecule has 6 heteroatoms. The van der Waals surface area contributed by atoms with Crippen LogP contribution in [0.5, 0.6) is 0 Å². The van der Waals surface area contributed by atoms with Gasteiger partial charge in [-0.25, -0.2) is 4.98 Å². The van der Waals surface area contributed by atoms with Crippen LogP contribution in [0.4, 0.5) is 8.78 Å². The summed E-state index contributed by atoms with van der Waals surface area (Å²) in [5, 5.41) is 12.9. The first-order valence-electron chi connectivity index (χ1n) is 5.42. The second-order valence-corrected chi connectivity index (χ2v) is 5.07. The van der Waals surface area contributed by atoms with Gasteiger partial charge in [-0.05, 0) is 27.7 Å². The van der Waals surface area contributed by atoms with E-state index in [9.17, 15) is 13.9 Å². The van der Waals surface area contributed by atoms with Crippen molar-refractivity contribution in [3.8, 4) is 0 Å². The second kappa shape index (κ2) is 4.70. The number of imidazole rings is 1. The number of aliphatic hydroxyl groups is 1. The van der Waals surface area contributed by atoms with Crippen molar-refractivity contribution in [1.29, 1.82) is 0 Å². The Kier molecular flexibility index (Phi) is 3.88. The van der Waals surface area contributed by atoms with Gasteiger partial charge in [0, 0.05) is 17.9 Å². The number of aromatic nitrogens is 2. The highest BCUT2D eigenvalue weighted by Crippen LogP contribution is 2.21. The van der Waals surface area contributed by atoms with Crippen molar-refractivity contribution in [3.63, 3.8) is 0 Å². The molecule has 0 atom stereocenters. The van der Waals surface area contributed by atoms with Gasteiger partial charge in [-0.3, -0.25) is 4.57 Å². The summed E-state index contributed by atoms with van der Waals surface area (Å²) in [4.78, 5) is 3.86. The zero-order valence-electron chi connectivity index (χ0n) is 10.5. The van der Waals surface area contributed by atoms with Crippen molar-refractivity contribution < 1.29 is 13.9 Å². The van der Waals surface area contributed by atoms with Crippen molar-refractivity contribution in [2.45, 2.75) is 51.9 Å². The third-order valence-electron chi connectivity index (χ3n) is 3.18. The van der Waals surface area contributed by atoms with E-state index in [1.807, 2.05) is 13.8 Å². The van der Waals surface area contributed by atoms with Crippen LogP contribution < -0.4 is 5.32 Å². The van der Waals surface area contributed by atoms with Gasteiger partial charge in [-0.15, -0.1) is 0 Å². The van der Waals surface area contributed by atoms with Crippen LogP contribution in [-0.2, 0) is 6.54 Å². The maximum atomic E-state index is 12.6. The molecule has 0 amide bonds. The Morgan fingerprint density at radius 2 is 2.00 bits per heavy atom. The van der Waals surface area contributed by atoms with Gasteiger partial charge in [0.05, 0.1) is 12.1 Å². The molecule has 0 bridgehead atoms. The van der Waals surface area contributed by atoms with Crippen LogP contribution in [0.3, 0.4) is 0 Å². The summed E-state index contributed by atoms with van der Waals surface area (Å²) in [6.45, 7) is 4.53. The molecule has 0 aliphatic carbocycles. The van der Waals surface area contributed by atoms with Gasteiger partial charge in [-0.2, -0.15) is 8.78 Å². The average Bonchev–Trinajstić information content (AvgIpc) is 2.60. The summed E-state index contributed by atoms with van der Waals surface area (Å²) < 4.78 is 25.9. The van der Waals surface area contributed by atoms with E-state index in [2.05, 4.69) is 10.3 Å². The third-order valence-corrected chi connectivity index (χ3v) is 3.18. The first-order chi connectivity index (χ1) is 7.65. The number of alkyl halides is 2. The first-order valence-corrected chi connectivity index (χ1v) is 5.42. The number of nitrogens with one attached hydrogen (secondary N) is 1. The van der Waals surface area contributed by atoms with E-state index in [1.165, 1.54) is 12.4 Å². The van der Waals surface area contributed by atoms with E-state index in [-0.39, 0.29) is 12.4 Å².